The fraction of sp³-hybridized carbons (Fsp3) is 0.467. The summed E-state index contributed by atoms with van der Waals surface area (Å²) < 4.78 is 14.0. The second kappa shape index (κ2) is 5.61. The third kappa shape index (κ3) is 2.53. The van der Waals surface area contributed by atoms with Crippen LogP contribution in [0, 0.1) is 5.82 Å². The van der Waals surface area contributed by atoms with Crippen LogP contribution in [0.15, 0.2) is 18.2 Å². The summed E-state index contributed by atoms with van der Waals surface area (Å²) in [5.41, 5.74) is -0.206. The number of aromatic carboxylic acids is 1. The van der Waals surface area contributed by atoms with Crippen molar-refractivity contribution in [3.8, 4) is 0 Å². The number of carbonyl (C=O) groups is 2. The van der Waals surface area contributed by atoms with Gasteiger partial charge in [-0.3, -0.25) is 4.79 Å². The number of rotatable bonds is 3. The molecule has 108 valence electrons. The average Bonchev–Trinajstić information content (AvgIpc) is 2.78. The van der Waals surface area contributed by atoms with Crippen molar-refractivity contribution in [2.24, 2.45) is 0 Å². The molecule has 0 spiro atoms. The number of hydrogen-bond donors (Lipinski definition) is 1. The van der Waals surface area contributed by atoms with E-state index >= 15 is 0 Å². The number of amides is 1. The highest BCUT2D eigenvalue weighted by Crippen LogP contribution is 2.28. The van der Waals surface area contributed by atoms with Gasteiger partial charge in [-0.15, -0.1) is 0 Å². The van der Waals surface area contributed by atoms with Crippen molar-refractivity contribution in [3.63, 3.8) is 0 Å². The van der Waals surface area contributed by atoms with Crippen LogP contribution in [0.3, 0.4) is 0 Å². The van der Waals surface area contributed by atoms with Crippen LogP contribution in [-0.2, 0) is 0 Å². The highest BCUT2D eigenvalue weighted by Gasteiger charge is 2.34. The van der Waals surface area contributed by atoms with Crippen molar-refractivity contribution in [2.45, 2.75) is 45.2 Å². The Morgan fingerprint density at radius 2 is 2.10 bits per heavy atom. The zero-order valence-corrected chi connectivity index (χ0v) is 11.6. The minimum absolute atomic E-state index is 0.0535. The van der Waals surface area contributed by atoms with Gasteiger partial charge in [0.15, 0.2) is 0 Å². The third-order valence-corrected chi connectivity index (χ3v) is 3.94. The Bertz CT molecular complexity index is 544. The number of halogens is 1. The van der Waals surface area contributed by atoms with Crippen molar-refractivity contribution in [2.75, 3.05) is 0 Å². The molecular formula is C15H18FNO3. The Morgan fingerprint density at radius 3 is 2.65 bits per heavy atom. The maximum atomic E-state index is 14.0. The molecule has 2 rings (SSSR count). The number of carbonyl (C=O) groups excluding carboxylic acids is 1. The Morgan fingerprint density at radius 1 is 1.40 bits per heavy atom. The lowest BCUT2D eigenvalue weighted by Crippen LogP contribution is -2.40. The molecule has 1 aromatic carbocycles. The molecule has 0 saturated carbocycles. The molecule has 1 saturated heterocycles. The Labute approximate surface area is 117 Å². The summed E-state index contributed by atoms with van der Waals surface area (Å²) in [4.78, 5) is 25.0. The second-order valence-electron chi connectivity index (χ2n) is 5.20. The van der Waals surface area contributed by atoms with Crippen molar-refractivity contribution in [3.05, 3.63) is 35.1 Å². The van der Waals surface area contributed by atoms with Gasteiger partial charge >= 0.3 is 5.97 Å². The van der Waals surface area contributed by atoms with Gasteiger partial charge in [0.25, 0.3) is 5.91 Å². The molecule has 0 aromatic heterocycles. The van der Waals surface area contributed by atoms with Gasteiger partial charge in [-0.05, 0) is 44.4 Å². The van der Waals surface area contributed by atoms with E-state index in [2.05, 4.69) is 0 Å². The number of nitrogens with zero attached hydrogens (tertiary/aromatic N) is 1. The van der Waals surface area contributed by atoms with Crippen LogP contribution in [0.2, 0.25) is 0 Å². The molecule has 0 aliphatic carbocycles. The first-order valence-corrected chi connectivity index (χ1v) is 6.81. The monoisotopic (exact) mass is 279 g/mol. The smallest absolute Gasteiger partial charge is 0.335 e. The fourth-order valence-corrected chi connectivity index (χ4v) is 2.80. The standard InChI is InChI=1S/C15H18FNO3/c1-3-11-6-4-9(2)17(11)14(18)12-7-5-10(15(19)20)8-13(12)16/h5,7-9,11H,3-4,6H2,1-2H3,(H,19,20). The van der Waals surface area contributed by atoms with Gasteiger partial charge in [0.05, 0.1) is 11.1 Å². The van der Waals surface area contributed by atoms with Gasteiger partial charge in [-0.1, -0.05) is 6.92 Å². The second-order valence-corrected chi connectivity index (χ2v) is 5.20. The molecule has 1 aliphatic heterocycles. The summed E-state index contributed by atoms with van der Waals surface area (Å²) in [5.74, 6) is -2.33. The van der Waals surface area contributed by atoms with E-state index in [4.69, 9.17) is 5.11 Å². The van der Waals surface area contributed by atoms with Crippen LogP contribution in [0.25, 0.3) is 0 Å². The number of carboxylic acids is 1. The van der Waals surface area contributed by atoms with E-state index in [1.165, 1.54) is 12.1 Å². The molecule has 4 nitrogen and oxygen atoms in total. The minimum atomic E-state index is -1.20. The van der Waals surface area contributed by atoms with Crippen molar-refractivity contribution in [1.82, 2.24) is 4.90 Å². The average molecular weight is 279 g/mol. The van der Waals surface area contributed by atoms with E-state index in [0.29, 0.717) is 0 Å². The van der Waals surface area contributed by atoms with Crippen LogP contribution in [-0.4, -0.2) is 34.0 Å². The van der Waals surface area contributed by atoms with E-state index in [9.17, 15) is 14.0 Å². The highest BCUT2D eigenvalue weighted by molar-refractivity contribution is 5.96. The Balaban J connectivity index is 2.31. The number of benzene rings is 1. The molecule has 5 heteroatoms. The lowest BCUT2D eigenvalue weighted by molar-refractivity contribution is 0.0664. The molecule has 0 bridgehead atoms. The number of hydrogen-bond acceptors (Lipinski definition) is 2. The van der Waals surface area contributed by atoms with E-state index in [1.54, 1.807) is 4.90 Å². The fourth-order valence-electron chi connectivity index (χ4n) is 2.80. The normalized spacial score (nSPS) is 22.1. The topological polar surface area (TPSA) is 57.6 Å². The zero-order valence-electron chi connectivity index (χ0n) is 11.6. The third-order valence-electron chi connectivity index (χ3n) is 3.94. The van der Waals surface area contributed by atoms with Gasteiger partial charge in [-0.2, -0.15) is 0 Å². The van der Waals surface area contributed by atoms with E-state index in [-0.39, 0.29) is 29.1 Å². The highest BCUT2D eigenvalue weighted by atomic mass is 19.1. The van der Waals surface area contributed by atoms with Crippen LogP contribution in [0.1, 0.15) is 53.8 Å². The molecule has 1 heterocycles. The molecule has 2 atom stereocenters. The van der Waals surface area contributed by atoms with Gasteiger partial charge < -0.3 is 10.0 Å². The van der Waals surface area contributed by atoms with Gasteiger partial charge in [-0.25, -0.2) is 9.18 Å². The van der Waals surface area contributed by atoms with Crippen LogP contribution < -0.4 is 0 Å². The first-order valence-electron chi connectivity index (χ1n) is 6.81. The van der Waals surface area contributed by atoms with E-state index < -0.39 is 11.8 Å². The minimum Gasteiger partial charge on any atom is -0.478 e. The summed E-state index contributed by atoms with van der Waals surface area (Å²) in [6.45, 7) is 3.96. The van der Waals surface area contributed by atoms with Gasteiger partial charge in [0.2, 0.25) is 0 Å². The first kappa shape index (κ1) is 14.5. The maximum Gasteiger partial charge on any atom is 0.335 e. The molecule has 1 aliphatic rings. The first-order chi connectivity index (χ1) is 9.45. The molecule has 1 amide bonds. The molecule has 1 fully saturated rings. The SMILES string of the molecule is CCC1CCC(C)N1C(=O)c1ccc(C(=O)O)cc1F. The summed E-state index contributed by atoms with van der Waals surface area (Å²) in [7, 11) is 0. The Hall–Kier alpha value is -1.91. The van der Waals surface area contributed by atoms with Crippen LogP contribution >= 0.6 is 0 Å². The molecule has 0 radical (unpaired) electrons. The molecular weight excluding hydrogens is 261 g/mol. The summed E-state index contributed by atoms with van der Waals surface area (Å²) in [5, 5.41) is 8.81. The van der Waals surface area contributed by atoms with Crippen molar-refractivity contribution < 1.29 is 19.1 Å². The largest absolute Gasteiger partial charge is 0.478 e. The Kier molecular flexibility index (Phi) is 4.06. The van der Waals surface area contributed by atoms with Crippen molar-refractivity contribution in [1.29, 1.82) is 0 Å². The van der Waals surface area contributed by atoms with E-state index in [1.807, 2.05) is 13.8 Å². The summed E-state index contributed by atoms with van der Waals surface area (Å²) >= 11 is 0. The van der Waals surface area contributed by atoms with Gasteiger partial charge in [0, 0.05) is 12.1 Å². The molecule has 1 N–H and O–H groups in total. The maximum absolute atomic E-state index is 14.0. The number of likely N-dealkylation sites (tertiary alicyclic amines) is 1. The zero-order chi connectivity index (χ0) is 14.9. The van der Waals surface area contributed by atoms with E-state index in [0.717, 1.165) is 25.3 Å². The molecule has 20 heavy (non-hydrogen) atoms. The van der Waals surface area contributed by atoms with Crippen LogP contribution in [0.4, 0.5) is 4.39 Å². The predicted molar refractivity (Wildman–Crippen MR) is 72.3 cm³/mol. The summed E-state index contributed by atoms with van der Waals surface area (Å²) in [6.07, 6.45) is 2.68. The lowest BCUT2D eigenvalue weighted by Gasteiger charge is -2.28. The lowest BCUT2D eigenvalue weighted by atomic mass is 10.1. The van der Waals surface area contributed by atoms with Crippen LogP contribution in [0.5, 0.6) is 0 Å². The molecule has 2 unspecified atom stereocenters. The quantitative estimate of drug-likeness (QED) is 0.925. The van der Waals surface area contributed by atoms with Crippen molar-refractivity contribution >= 4 is 11.9 Å². The number of carboxylic acid groups (broad SMARTS) is 1. The summed E-state index contributed by atoms with van der Waals surface area (Å²) in [6, 6.07) is 3.65. The predicted octanol–water partition coefficient (Wildman–Crippen LogP) is 2.93. The molecule has 1 aromatic rings. The van der Waals surface area contributed by atoms with Gasteiger partial charge in [0.1, 0.15) is 5.82 Å².